The van der Waals surface area contributed by atoms with E-state index in [1.165, 1.54) is 25.9 Å². The van der Waals surface area contributed by atoms with Crippen molar-refractivity contribution in [2.75, 3.05) is 26.7 Å². The largest absolute Gasteiger partial charge is 0.348 e. The van der Waals surface area contributed by atoms with Crippen molar-refractivity contribution < 1.29 is 4.79 Å². The van der Waals surface area contributed by atoms with Crippen LogP contribution in [0.25, 0.3) is 0 Å². The maximum Gasteiger partial charge on any atom is 0.209 e. The van der Waals surface area contributed by atoms with Gasteiger partial charge in [-0.3, -0.25) is 4.79 Å². The number of likely N-dealkylation sites (tertiary alicyclic amines) is 1. The predicted octanol–water partition coefficient (Wildman–Crippen LogP) is 1.19. The predicted molar refractivity (Wildman–Crippen MR) is 58.1 cm³/mol. The minimum Gasteiger partial charge on any atom is -0.348 e. The molecule has 0 aromatic heterocycles. The molecule has 0 aliphatic carbocycles. The zero-order chi connectivity index (χ0) is 10.6. The second kappa shape index (κ2) is 5.35. The molecule has 0 aromatic carbocycles. The summed E-state index contributed by atoms with van der Waals surface area (Å²) in [6, 6.07) is 0.666. The van der Waals surface area contributed by atoms with Gasteiger partial charge in [0.2, 0.25) is 6.41 Å². The van der Waals surface area contributed by atoms with Crippen molar-refractivity contribution in [3.8, 4) is 0 Å². The fraction of sp³-hybridized carbons (Fsp3) is 0.909. The summed E-state index contributed by atoms with van der Waals surface area (Å²) in [5, 5.41) is 0. The molecule has 14 heavy (non-hydrogen) atoms. The summed E-state index contributed by atoms with van der Waals surface area (Å²) in [5.74, 6) is 0.709. The van der Waals surface area contributed by atoms with Crippen LogP contribution in [0.15, 0.2) is 0 Å². The Balaban J connectivity index is 2.25. The van der Waals surface area contributed by atoms with E-state index < -0.39 is 0 Å². The molecule has 1 aliphatic rings. The van der Waals surface area contributed by atoms with E-state index in [1.807, 2.05) is 7.05 Å². The number of hydrogen-bond acceptors (Lipinski definition) is 2. The topological polar surface area (TPSA) is 23.6 Å². The first-order chi connectivity index (χ1) is 6.63. The number of nitrogens with zero attached hydrogens (tertiary/aromatic N) is 2. The standard InChI is InChI=1S/C11H22N2O/c1-10(2)13-6-4-11(5-7-13)8-12(3)9-14/h9-11H,4-8H2,1-3H3. The smallest absolute Gasteiger partial charge is 0.209 e. The van der Waals surface area contributed by atoms with Crippen LogP contribution >= 0.6 is 0 Å². The molecule has 0 spiro atoms. The van der Waals surface area contributed by atoms with E-state index in [9.17, 15) is 4.79 Å². The maximum atomic E-state index is 10.5. The van der Waals surface area contributed by atoms with Gasteiger partial charge < -0.3 is 9.80 Å². The van der Waals surface area contributed by atoms with Crippen molar-refractivity contribution in [2.45, 2.75) is 32.7 Å². The van der Waals surface area contributed by atoms with E-state index >= 15 is 0 Å². The molecule has 0 atom stereocenters. The van der Waals surface area contributed by atoms with Crippen molar-refractivity contribution in [3.05, 3.63) is 0 Å². The fourth-order valence-corrected chi connectivity index (χ4v) is 2.10. The third-order valence-electron chi connectivity index (χ3n) is 3.11. The highest BCUT2D eigenvalue weighted by Gasteiger charge is 2.21. The SMILES string of the molecule is CC(C)N1CCC(CN(C)C=O)CC1. The molecule has 0 aromatic rings. The van der Waals surface area contributed by atoms with Crippen LogP contribution in [0, 0.1) is 5.92 Å². The molecule has 0 radical (unpaired) electrons. The van der Waals surface area contributed by atoms with Gasteiger partial charge in [0.15, 0.2) is 0 Å². The van der Waals surface area contributed by atoms with Gasteiger partial charge in [-0.2, -0.15) is 0 Å². The van der Waals surface area contributed by atoms with Crippen molar-refractivity contribution in [1.82, 2.24) is 9.80 Å². The minimum absolute atomic E-state index is 0.666. The summed E-state index contributed by atoms with van der Waals surface area (Å²) in [7, 11) is 1.86. The van der Waals surface area contributed by atoms with Gasteiger partial charge in [0.05, 0.1) is 0 Å². The van der Waals surface area contributed by atoms with E-state index in [2.05, 4.69) is 18.7 Å². The third kappa shape index (κ3) is 3.29. The minimum atomic E-state index is 0.666. The summed E-state index contributed by atoms with van der Waals surface area (Å²) >= 11 is 0. The molecule has 0 N–H and O–H groups in total. The van der Waals surface area contributed by atoms with Crippen LogP contribution in [-0.4, -0.2) is 48.9 Å². The number of carbonyl (C=O) groups excluding carboxylic acids is 1. The lowest BCUT2D eigenvalue weighted by Gasteiger charge is -2.35. The number of carbonyl (C=O) groups is 1. The van der Waals surface area contributed by atoms with Crippen LogP contribution in [0.1, 0.15) is 26.7 Å². The molecule has 1 rings (SSSR count). The molecule has 1 aliphatic heterocycles. The summed E-state index contributed by atoms with van der Waals surface area (Å²) in [5.41, 5.74) is 0. The lowest BCUT2D eigenvalue weighted by molar-refractivity contribution is -0.117. The van der Waals surface area contributed by atoms with Crippen LogP contribution in [0.4, 0.5) is 0 Å². The lowest BCUT2D eigenvalue weighted by Crippen LogP contribution is -2.40. The molecule has 1 saturated heterocycles. The molecule has 3 nitrogen and oxygen atoms in total. The molecule has 1 heterocycles. The Morgan fingerprint density at radius 2 is 2.00 bits per heavy atom. The van der Waals surface area contributed by atoms with Gasteiger partial charge in [0.1, 0.15) is 0 Å². The average molecular weight is 198 g/mol. The van der Waals surface area contributed by atoms with Gasteiger partial charge in [-0.05, 0) is 45.7 Å². The Labute approximate surface area is 87.1 Å². The zero-order valence-corrected chi connectivity index (χ0v) is 9.57. The summed E-state index contributed by atoms with van der Waals surface area (Å²) in [6.07, 6.45) is 3.39. The molecular weight excluding hydrogens is 176 g/mol. The lowest BCUT2D eigenvalue weighted by atomic mass is 9.96. The highest BCUT2D eigenvalue weighted by Crippen LogP contribution is 2.19. The number of amides is 1. The average Bonchev–Trinajstić information content (AvgIpc) is 2.18. The van der Waals surface area contributed by atoms with Crippen LogP contribution in [0.3, 0.4) is 0 Å². The van der Waals surface area contributed by atoms with Gasteiger partial charge in [-0.25, -0.2) is 0 Å². The van der Waals surface area contributed by atoms with Crippen LogP contribution in [-0.2, 0) is 4.79 Å². The van der Waals surface area contributed by atoms with Crippen molar-refractivity contribution in [3.63, 3.8) is 0 Å². The molecule has 0 bridgehead atoms. The van der Waals surface area contributed by atoms with Gasteiger partial charge in [-0.1, -0.05) is 0 Å². The van der Waals surface area contributed by atoms with E-state index in [0.29, 0.717) is 12.0 Å². The Morgan fingerprint density at radius 3 is 2.43 bits per heavy atom. The highest BCUT2D eigenvalue weighted by molar-refractivity contribution is 5.46. The summed E-state index contributed by atoms with van der Waals surface area (Å²) < 4.78 is 0. The fourth-order valence-electron chi connectivity index (χ4n) is 2.10. The molecule has 1 fully saturated rings. The Kier molecular flexibility index (Phi) is 4.39. The summed E-state index contributed by atoms with van der Waals surface area (Å²) in [6.45, 7) is 7.80. The first-order valence-corrected chi connectivity index (χ1v) is 5.53. The van der Waals surface area contributed by atoms with Crippen LogP contribution in [0.2, 0.25) is 0 Å². The normalized spacial score (nSPS) is 20.0. The number of rotatable bonds is 4. The molecule has 0 unspecified atom stereocenters. The second-order valence-electron chi connectivity index (χ2n) is 4.62. The molecular formula is C11H22N2O. The number of piperidine rings is 1. The van der Waals surface area contributed by atoms with E-state index in [0.717, 1.165) is 13.0 Å². The monoisotopic (exact) mass is 198 g/mol. The third-order valence-corrected chi connectivity index (χ3v) is 3.11. The van der Waals surface area contributed by atoms with Gasteiger partial charge >= 0.3 is 0 Å². The Bertz CT molecular complexity index is 174. The highest BCUT2D eigenvalue weighted by atomic mass is 16.1. The van der Waals surface area contributed by atoms with Gasteiger partial charge in [0.25, 0.3) is 0 Å². The summed E-state index contributed by atoms with van der Waals surface area (Å²) in [4.78, 5) is 14.7. The maximum absolute atomic E-state index is 10.5. The van der Waals surface area contributed by atoms with E-state index in [-0.39, 0.29) is 0 Å². The molecule has 1 amide bonds. The Hall–Kier alpha value is -0.570. The van der Waals surface area contributed by atoms with Crippen LogP contribution in [0.5, 0.6) is 0 Å². The van der Waals surface area contributed by atoms with Crippen LogP contribution < -0.4 is 0 Å². The molecule has 0 saturated carbocycles. The van der Waals surface area contributed by atoms with Crippen molar-refractivity contribution in [2.24, 2.45) is 5.92 Å². The zero-order valence-electron chi connectivity index (χ0n) is 9.57. The first-order valence-electron chi connectivity index (χ1n) is 5.53. The van der Waals surface area contributed by atoms with E-state index in [4.69, 9.17) is 0 Å². The Morgan fingerprint density at radius 1 is 1.43 bits per heavy atom. The molecule has 3 heteroatoms. The van der Waals surface area contributed by atoms with E-state index in [1.54, 1.807) is 4.90 Å². The van der Waals surface area contributed by atoms with Crippen molar-refractivity contribution in [1.29, 1.82) is 0 Å². The number of hydrogen-bond donors (Lipinski definition) is 0. The van der Waals surface area contributed by atoms with Gasteiger partial charge in [-0.15, -0.1) is 0 Å². The first kappa shape index (κ1) is 11.5. The van der Waals surface area contributed by atoms with Crippen molar-refractivity contribution >= 4 is 6.41 Å². The molecule has 82 valence electrons. The quantitative estimate of drug-likeness (QED) is 0.634. The second-order valence-corrected chi connectivity index (χ2v) is 4.62. The van der Waals surface area contributed by atoms with Gasteiger partial charge in [0, 0.05) is 19.6 Å².